The van der Waals surface area contributed by atoms with Crippen LogP contribution in [0.4, 0.5) is 0 Å². The molecule has 0 unspecified atom stereocenters. The molecule has 2 rings (SSSR count). The van der Waals surface area contributed by atoms with Crippen molar-refractivity contribution in [2.75, 3.05) is 33.4 Å². The number of hydrogen-bond acceptors (Lipinski definition) is 3. The number of ether oxygens (including phenoxy) is 1. The fraction of sp³-hybridized carbons (Fsp3) is 0.588. The third-order valence-corrected chi connectivity index (χ3v) is 4.93. The van der Waals surface area contributed by atoms with Gasteiger partial charge in [0.15, 0.2) is 0 Å². The van der Waals surface area contributed by atoms with Gasteiger partial charge in [-0.2, -0.15) is 0 Å². The van der Waals surface area contributed by atoms with E-state index in [4.69, 9.17) is 27.9 Å². The molecule has 1 aromatic rings. The molecule has 1 aliphatic heterocycles. The van der Waals surface area contributed by atoms with Crippen molar-refractivity contribution in [3.8, 4) is 0 Å². The summed E-state index contributed by atoms with van der Waals surface area (Å²) in [5.41, 5.74) is 0.971. The first-order valence-electron chi connectivity index (χ1n) is 8.03. The molecule has 128 valence electrons. The average Bonchev–Trinajstić information content (AvgIpc) is 2.55. The Morgan fingerprint density at radius 2 is 1.96 bits per heavy atom. The first-order chi connectivity index (χ1) is 11.1. The lowest BCUT2D eigenvalue weighted by molar-refractivity contribution is -0.126. The van der Waals surface area contributed by atoms with Crippen molar-refractivity contribution >= 4 is 29.1 Å². The van der Waals surface area contributed by atoms with Crippen LogP contribution in [0.5, 0.6) is 0 Å². The lowest BCUT2D eigenvalue weighted by Crippen LogP contribution is -2.40. The van der Waals surface area contributed by atoms with Crippen molar-refractivity contribution in [1.29, 1.82) is 0 Å². The molecule has 1 fully saturated rings. The second-order valence-corrected chi connectivity index (χ2v) is 6.70. The largest absolute Gasteiger partial charge is 0.385 e. The number of methoxy groups -OCH3 is 1. The van der Waals surface area contributed by atoms with E-state index in [9.17, 15) is 4.79 Å². The van der Waals surface area contributed by atoms with Crippen LogP contribution in [-0.4, -0.2) is 44.2 Å². The number of halogens is 2. The maximum Gasteiger partial charge on any atom is 0.223 e. The molecule has 0 spiro atoms. The predicted molar refractivity (Wildman–Crippen MR) is 94.0 cm³/mol. The van der Waals surface area contributed by atoms with Gasteiger partial charge >= 0.3 is 0 Å². The van der Waals surface area contributed by atoms with E-state index >= 15 is 0 Å². The van der Waals surface area contributed by atoms with Crippen LogP contribution in [0.2, 0.25) is 10.0 Å². The van der Waals surface area contributed by atoms with Crippen molar-refractivity contribution in [3.63, 3.8) is 0 Å². The van der Waals surface area contributed by atoms with Crippen LogP contribution >= 0.6 is 23.2 Å². The van der Waals surface area contributed by atoms with Crippen LogP contribution in [-0.2, 0) is 16.1 Å². The van der Waals surface area contributed by atoms with Crippen molar-refractivity contribution in [2.45, 2.75) is 25.8 Å². The first-order valence-corrected chi connectivity index (χ1v) is 8.79. The zero-order chi connectivity index (χ0) is 16.7. The van der Waals surface area contributed by atoms with Gasteiger partial charge in [-0.05, 0) is 44.5 Å². The van der Waals surface area contributed by atoms with Crippen molar-refractivity contribution in [1.82, 2.24) is 10.2 Å². The molecule has 0 saturated carbocycles. The van der Waals surface area contributed by atoms with Crippen LogP contribution in [0.3, 0.4) is 0 Å². The highest BCUT2D eigenvalue weighted by molar-refractivity contribution is 6.35. The fourth-order valence-electron chi connectivity index (χ4n) is 2.83. The topological polar surface area (TPSA) is 41.6 Å². The van der Waals surface area contributed by atoms with Gasteiger partial charge in [0.1, 0.15) is 0 Å². The molecular weight excluding hydrogens is 335 g/mol. The van der Waals surface area contributed by atoms with Crippen LogP contribution in [0.1, 0.15) is 24.8 Å². The minimum Gasteiger partial charge on any atom is -0.385 e. The van der Waals surface area contributed by atoms with E-state index in [-0.39, 0.29) is 11.8 Å². The Bertz CT molecular complexity index is 497. The molecule has 1 aliphatic rings. The van der Waals surface area contributed by atoms with Gasteiger partial charge in [0.25, 0.3) is 0 Å². The molecule has 4 nitrogen and oxygen atoms in total. The minimum absolute atomic E-state index is 0.107. The zero-order valence-corrected chi connectivity index (χ0v) is 15.0. The van der Waals surface area contributed by atoms with E-state index in [1.54, 1.807) is 7.11 Å². The van der Waals surface area contributed by atoms with Crippen LogP contribution in [0.15, 0.2) is 18.2 Å². The number of carbonyl (C=O) groups is 1. The highest BCUT2D eigenvalue weighted by atomic mass is 35.5. The third-order valence-electron chi connectivity index (χ3n) is 4.23. The Hall–Kier alpha value is -0.810. The van der Waals surface area contributed by atoms with Crippen molar-refractivity contribution < 1.29 is 9.53 Å². The van der Waals surface area contributed by atoms with Crippen molar-refractivity contribution in [2.24, 2.45) is 5.92 Å². The number of rotatable bonds is 7. The highest BCUT2D eigenvalue weighted by Crippen LogP contribution is 2.27. The zero-order valence-electron chi connectivity index (χ0n) is 13.5. The molecule has 0 aliphatic carbocycles. The number of carbonyl (C=O) groups excluding carboxylic acids is 1. The van der Waals surface area contributed by atoms with Crippen LogP contribution < -0.4 is 5.32 Å². The second-order valence-electron chi connectivity index (χ2n) is 5.89. The molecular formula is C17H24Cl2N2O2. The molecule has 23 heavy (non-hydrogen) atoms. The number of nitrogens with one attached hydrogen (secondary N) is 1. The van der Waals surface area contributed by atoms with E-state index in [1.165, 1.54) is 0 Å². The molecule has 0 bridgehead atoms. The predicted octanol–water partition coefficient (Wildman–Crippen LogP) is 3.36. The summed E-state index contributed by atoms with van der Waals surface area (Å²) in [4.78, 5) is 14.4. The number of benzene rings is 1. The first kappa shape index (κ1) is 18.5. The van der Waals surface area contributed by atoms with E-state index in [0.29, 0.717) is 23.2 Å². The molecule has 1 aromatic carbocycles. The Morgan fingerprint density at radius 3 is 2.57 bits per heavy atom. The average molecular weight is 359 g/mol. The van der Waals surface area contributed by atoms with Gasteiger partial charge in [-0.3, -0.25) is 9.69 Å². The van der Waals surface area contributed by atoms with Gasteiger partial charge in [-0.1, -0.05) is 29.3 Å². The summed E-state index contributed by atoms with van der Waals surface area (Å²) in [6, 6.07) is 5.58. The summed E-state index contributed by atoms with van der Waals surface area (Å²) >= 11 is 12.5. The van der Waals surface area contributed by atoms with E-state index in [2.05, 4.69) is 10.2 Å². The molecule has 6 heteroatoms. The standard InChI is InChI=1S/C17H24Cl2N2O2/c1-23-11-3-8-20-17(22)13-6-9-21(10-7-13)12-14-15(18)4-2-5-16(14)19/h2,4-5,13H,3,6-12H2,1H3,(H,20,22). The SMILES string of the molecule is COCCCNC(=O)C1CCN(Cc2c(Cl)cccc2Cl)CC1. The number of nitrogens with zero attached hydrogens (tertiary/aromatic N) is 1. The van der Waals surface area contributed by atoms with E-state index in [0.717, 1.165) is 44.5 Å². The molecule has 1 heterocycles. The monoisotopic (exact) mass is 358 g/mol. The molecule has 1 amide bonds. The molecule has 1 saturated heterocycles. The Morgan fingerprint density at radius 1 is 1.30 bits per heavy atom. The summed E-state index contributed by atoms with van der Waals surface area (Å²) in [7, 11) is 1.67. The third kappa shape index (κ3) is 5.64. The number of likely N-dealkylation sites (tertiary alicyclic amines) is 1. The van der Waals surface area contributed by atoms with Gasteiger partial charge in [0.05, 0.1) is 0 Å². The van der Waals surface area contributed by atoms with Crippen LogP contribution in [0.25, 0.3) is 0 Å². The van der Waals surface area contributed by atoms with Gasteiger partial charge < -0.3 is 10.1 Å². The maximum atomic E-state index is 12.1. The Labute approximate surface area is 148 Å². The molecule has 0 atom stereocenters. The second kappa shape index (κ2) is 9.48. The van der Waals surface area contributed by atoms with Gasteiger partial charge in [0.2, 0.25) is 5.91 Å². The summed E-state index contributed by atoms with van der Waals surface area (Å²) in [5, 5.41) is 4.40. The summed E-state index contributed by atoms with van der Waals surface area (Å²) in [6.07, 6.45) is 2.60. The summed E-state index contributed by atoms with van der Waals surface area (Å²) < 4.78 is 4.98. The highest BCUT2D eigenvalue weighted by Gasteiger charge is 2.25. The lowest BCUT2D eigenvalue weighted by Gasteiger charge is -2.31. The Balaban J connectivity index is 1.76. The van der Waals surface area contributed by atoms with E-state index in [1.807, 2.05) is 18.2 Å². The van der Waals surface area contributed by atoms with Gasteiger partial charge in [-0.25, -0.2) is 0 Å². The Kier molecular flexibility index (Phi) is 7.63. The molecule has 0 aromatic heterocycles. The summed E-state index contributed by atoms with van der Waals surface area (Å²) in [6.45, 7) is 3.87. The molecule has 1 N–H and O–H groups in total. The van der Waals surface area contributed by atoms with E-state index < -0.39 is 0 Å². The quantitative estimate of drug-likeness (QED) is 0.759. The van der Waals surface area contributed by atoms with Gasteiger partial charge in [0, 0.05) is 48.3 Å². The lowest BCUT2D eigenvalue weighted by atomic mass is 9.95. The fourth-order valence-corrected chi connectivity index (χ4v) is 3.35. The van der Waals surface area contributed by atoms with Gasteiger partial charge in [-0.15, -0.1) is 0 Å². The normalized spacial score (nSPS) is 16.5. The summed E-state index contributed by atoms with van der Waals surface area (Å²) in [5.74, 6) is 0.270. The maximum absolute atomic E-state index is 12.1. The minimum atomic E-state index is 0.107. The number of piperidine rings is 1. The smallest absolute Gasteiger partial charge is 0.223 e. The van der Waals surface area contributed by atoms with Crippen LogP contribution in [0, 0.1) is 5.92 Å². The van der Waals surface area contributed by atoms with Crippen molar-refractivity contribution in [3.05, 3.63) is 33.8 Å². The molecule has 0 radical (unpaired) electrons. The number of hydrogen-bond donors (Lipinski definition) is 1. The number of amides is 1.